The van der Waals surface area contributed by atoms with Crippen molar-refractivity contribution in [3.05, 3.63) is 50.8 Å². The second-order valence-corrected chi connectivity index (χ2v) is 6.00. The van der Waals surface area contributed by atoms with E-state index in [0.717, 1.165) is 36.5 Å². The van der Waals surface area contributed by atoms with Crippen LogP contribution in [0, 0.1) is 13.8 Å². The molecule has 2 aromatic rings. The summed E-state index contributed by atoms with van der Waals surface area (Å²) in [4.78, 5) is 0. The number of hydrogen-bond acceptors (Lipinski definition) is 2. The maximum atomic E-state index is 6.24. The van der Waals surface area contributed by atoms with Crippen LogP contribution in [0.2, 0.25) is 10.0 Å². The van der Waals surface area contributed by atoms with Gasteiger partial charge in [-0.3, -0.25) is 4.68 Å². The second-order valence-electron chi connectivity index (χ2n) is 5.18. The maximum Gasteiger partial charge on any atom is 0.0692 e. The van der Waals surface area contributed by atoms with Crippen molar-refractivity contribution in [1.29, 1.82) is 0 Å². The molecule has 0 amide bonds. The fourth-order valence-corrected chi connectivity index (χ4v) is 2.88. The average molecular weight is 326 g/mol. The Bertz CT molecular complexity index is 600. The van der Waals surface area contributed by atoms with Gasteiger partial charge in [-0.05, 0) is 38.9 Å². The molecule has 0 spiro atoms. The van der Waals surface area contributed by atoms with Crippen LogP contribution >= 0.6 is 23.2 Å². The molecule has 1 heterocycles. The van der Waals surface area contributed by atoms with Gasteiger partial charge in [0.15, 0.2) is 0 Å². The summed E-state index contributed by atoms with van der Waals surface area (Å²) in [6.07, 6.45) is 1.13. The summed E-state index contributed by atoms with van der Waals surface area (Å²) in [6.45, 7) is 8.75. The Balaban J connectivity index is 2.23. The van der Waals surface area contributed by atoms with Crippen LogP contribution in [0.4, 0.5) is 0 Å². The van der Waals surface area contributed by atoms with Crippen molar-refractivity contribution in [2.45, 2.75) is 40.3 Å². The van der Waals surface area contributed by atoms with Crippen molar-refractivity contribution in [2.75, 3.05) is 6.54 Å². The normalized spacial score (nSPS) is 11.1. The molecule has 0 unspecified atom stereocenters. The van der Waals surface area contributed by atoms with Crippen molar-refractivity contribution >= 4 is 23.2 Å². The van der Waals surface area contributed by atoms with Crippen molar-refractivity contribution in [3.8, 4) is 0 Å². The van der Waals surface area contributed by atoms with E-state index >= 15 is 0 Å². The minimum atomic E-state index is 0.596. The summed E-state index contributed by atoms with van der Waals surface area (Å²) in [7, 11) is 0. The van der Waals surface area contributed by atoms with E-state index in [2.05, 4.69) is 24.3 Å². The maximum absolute atomic E-state index is 6.24. The van der Waals surface area contributed by atoms with Gasteiger partial charge in [-0.15, -0.1) is 0 Å². The standard InChI is InChI=1S/C16H21Cl2N3/c1-4-8-19-9-13-11(2)20-21(12(13)3)10-14-15(17)6-5-7-16(14)18/h5-7,19H,4,8-10H2,1-3H3. The molecule has 2 rings (SSSR count). The zero-order valence-corrected chi connectivity index (χ0v) is 14.2. The Labute approximate surface area is 136 Å². The zero-order valence-electron chi connectivity index (χ0n) is 12.7. The van der Waals surface area contributed by atoms with E-state index in [1.165, 1.54) is 5.56 Å². The van der Waals surface area contributed by atoms with Gasteiger partial charge >= 0.3 is 0 Å². The van der Waals surface area contributed by atoms with E-state index in [4.69, 9.17) is 23.2 Å². The summed E-state index contributed by atoms with van der Waals surface area (Å²) in [5.41, 5.74) is 4.39. The summed E-state index contributed by atoms with van der Waals surface area (Å²) in [5, 5.41) is 9.42. The molecule has 3 nitrogen and oxygen atoms in total. The number of halogens is 2. The zero-order chi connectivity index (χ0) is 15.4. The number of benzene rings is 1. The highest BCUT2D eigenvalue weighted by molar-refractivity contribution is 6.35. The summed E-state index contributed by atoms with van der Waals surface area (Å²) < 4.78 is 1.98. The largest absolute Gasteiger partial charge is 0.313 e. The monoisotopic (exact) mass is 325 g/mol. The minimum absolute atomic E-state index is 0.596. The van der Waals surface area contributed by atoms with Crippen LogP contribution in [0.1, 0.15) is 35.9 Å². The smallest absolute Gasteiger partial charge is 0.0692 e. The molecular formula is C16H21Cl2N3. The Morgan fingerprint density at radius 1 is 1.14 bits per heavy atom. The number of nitrogens with one attached hydrogen (secondary N) is 1. The highest BCUT2D eigenvalue weighted by Gasteiger charge is 2.13. The topological polar surface area (TPSA) is 29.9 Å². The van der Waals surface area contributed by atoms with Crippen LogP contribution in [-0.4, -0.2) is 16.3 Å². The molecule has 0 aliphatic carbocycles. The number of nitrogens with zero attached hydrogens (tertiary/aromatic N) is 2. The van der Waals surface area contributed by atoms with Crippen molar-refractivity contribution in [2.24, 2.45) is 0 Å². The lowest BCUT2D eigenvalue weighted by Gasteiger charge is -2.09. The van der Waals surface area contributed by atoms with E-state index in [0.29, 0.717) is 16.6 Å². The van der Waals surface area contributed by atoms with E-state index < -0.39 is 0 Å². The van der Waals surface area contributed by atoms with Gasteiger partial charge in [0.1, 0.15) is 0 Å². The highest BCUT2D eigenvalue weighted by Crippen LogP contribution is 2.26. The first-order valence-electron chi connectivity index (χ1n) is 7.21. The Hall–Kier alpha value is -1.03. The van der Waals surface area contributed by atoms with Crippen molar-refractivity contribution < 1.29 is 0 Å². The number of aromatic nitrogens is 2. The van der Waals surface area contributed by atoms with E-state index in [-0.39, 0.29) is 0 Å². The van der Waals surface area contributed by atoms with E-state index in [9.17, 15) is 0 Å². The fraction of sp³-hybridized carbons (Fsp3) is 0.438. The van der Waals surface area contributed by atoms with Crippen LogP contribution in [0.15, 0.2) is 18.2 Å². The van der Waals surface area contributed by atoms with E-state index in [1.54, 1.807) is 0 Å². The van der Waals surface area contributed by atoms with Crippen LogP contribution in [0.5, 0.6) is 0 Å². The first-order valence-corrected chi connectivity index (χ1v) is 7.96. The first-order chi connectivity index (χ1) is 10.0. The lowest BCUT2D eigenvalue weighted by atomic mass is 10.2. The summed E-state index contributed by atoms with van der Waals surface area (Å²) in [5.74, 6) is 0. The van der Waals surface area contributed by atoms with Crippen LogP contribution < -0.4 is 5.32 Å². The number of rotatable bonds is 6. The Morgan fingerprint density at radius 3 is 2.43 bits per heavy atom. The molecule has 0 saturated heterocycles. The van der Waals surface area contributed by atoms with Crippen LogP contribution in [0.3, 0.4) is 0 Å². The molecule has 0 saturated carbocycles. The molecule has 0 aliphatic rings. The summed E-state index contributed by atoms with van der Waals surface area (Å²) in [6, 6.07) is 5.58. The third-order valence-electron chi connectivity index (χ3n) is 3.63. The molecule has 1 N–H and O–H groups in total. The van der Waals surface area contributed by atoms with Gasteiger partial charge < -0.3 is 5.32 Å². The number of hydrogen-bond donors (Lipinski definition) is 1. The third-order valence-corrected chi connectivity index (χ3v) is 4.34. The Kier molecular flexibility index (Phi) is 5.68. The lowest BCUT2D eigenvalue weighted by Crippen LogP contribution is -2.15. The molecule has 0 bridgehead atoms. The molecule has 0 radical (unpaired) electrons. The van der Waals surface area contributed by atoms with Crippen LogP contribution in [-0.2, 0) is 13.1 Å². The predicted molar refractivity (Wildman–Crippen MR) is 89.3 cm³/mol. The third kappa shape index (κ3) is 3.79. The molecule has 21 heavy (non-hydrogen) atoms. The van der Waals surface area contributed by atoms with Gasteiger partial charge in [0.25, 0.3) is 0 Å². The predicted octanol–water partition coefficient (Wildman–Crippen LogP) is 4.35. The fourth-order valence-electron chi connectivity index (χ4n) is 2.37. The molecule has 114 valence electrons. The highest BCUT2D eigenvalue weighted by atomic mass is 35.5. The van der Waals surface area contributed by atoms with Crippen molar-refractivity contribution in [1.82, 2.24) is 15.1 Å². The molecule has 0 aliphatic heterocycles. The molecule has 0 atom stereocenters. The minimum Gasteiger partial charge on any atom is -0.313 e. The van der Waals surface area contributed by atoms with Gasteiger partial charge in [-0.2, -0.15) is 5.10 Å². The van der Waals surface area contributed by atoms with Gasteiger partial charge in [0, 0.05) is 33.4 Å². The van der Waals surface area contributed by atoms with Gasteiger partial charge in [0.05, 0.1) is 12.2 Å². The molecule has 5 heteroatoms. The molecule has 1 aromatic heterocycles. The van der Waals surface area contributed by atoms with Gasteiger partial charge in [-0.25, -0.2) is 0 Å². The quantitative estimate of drug-likeness (QED) is 0.800. The van der Waals surface area contributed by atoms with E-state index in [1.807, 2.05) is 29.8 Å². The second kappa shape index (κ2) is 7.30. The molecule has 0 fully saturated rings. The SMILES string of the molecule is CCCNCc1c(C)nn(Cc2c(Cl)cccc2Cl)c1C. The molecular weight excluding hydrogens is 305 g/mol. The molecule has 1 aromatic carbocycles. The van der Waals surface area contributed by atoms with Gasteiger partial charge in [0.2, 0.25) is 0 Å². The van der Waals surface area contributed by atoms with Crippen molar-refractivity contribution in [3.63, 3.8) is 0 Å². The average Bonchev–Trinajstić information content (AvgIpc) is 2.70. The lowest BCUT2D eigenvalue weighted by molar-refractivity contribution is 0.650. The first kappa shape index (κ1) is 16.3. The summed E-state index contributed by atoms with van der Waals surface area (Å²) >= 11 is 12.5. The number of aryl methyl sites for hydroxylation is 1. The Morgan fingerprint density at radius 2 is 1.81 bits per heavy atom. The van der Waals surface area contributed by atoms with Crippen LogP contribution in [0.25, 0.3) is 0 Å². The van der Waals surface area contributed by atoms with Gasteiger partial charge in [-0.1, -0.05) is 36.2 Å².